The van der Waals surface area contributed by atoms with Crippen molar-refractivity contribution in [3.8, 4) is 0 Å². The van der Waals surface area contributed by atoms with Crippen LogP contribution in [0.25, 0.3) is 0 Å². The molecule has 5 aliphatic rings. The van der Waals surface area contributed by atoms with Crippen LogP contribution in [0.3, 0.4) is 0 Å². The van der Waals surface area contributed by atoms with Crippen molar-refractivity contribution in [2.24, 2.45) is 35.5 Å². The molecule has 6 unspecified atom stereocenters. The van der Waals surface area contributed by atoms with Crippen LogP contribution < -0.4 is 0 Å². The number of carbonyl (C=O) groups is 2. The van der Waals surface area contributed by atoms with Crippen LogP contribution in [-0.2, 0) is 9.59 Å². The number of amides is 2. The maximum Gasteiger partial charge on any atom is 0.234 e. The van der Waals surface area contributed by atoms with Gasteiger partial charge in [0, 0.05) is 5.54 Å². The average molecular weight is 257 g/mol. The molecule has 3 heteroatoms. The largest absolute Gasteiger partial charge is 0.277 e. The summed E-state index contributed by atoms with van der Waals surface area (Å²) in [6.07, 6.45) is 8.82. The van der Waals surface area contributed by atoms with Crippen molar-refractivity contribution in [2.75, 3.05) is 0 Å². The monoisotopic (exact) mass is 257 g/mol. The van der Waals surface area contributed by atoms with Crippen LogP contribution in [0, 0.1) is 35.5 Å². The van der Waals surface area contributed by atoms with Crippen molar-refractivity contribution < 1.29 is 9.59 Å². The predicted molar refractivity (Wildman–Crippen MR) is 70.8 cm³/mol. The molecule has 1 saturated carbocycles. The molecule has 19 heavy (non-hydrogen) atoms. The van der Waals surface area contributed by atoms with Gasteiger partial charge >= 0.3 is 0 Å². The smallest absolute Gasteiger partial charge is 0.234 e. The van der Waals surface area contributed by atoms with Gasteiger partial charge in [0.15, 0.2) is 0 Å². The van der Waals surface area contributed by atoms with E-state index in [0.29, 0.717) is 11.8 Å². The van der Waals surface area contributed by atoms with E-state index in [0.717, 1.165) is 0 Å². The van der Waals surface area contributed by atoms with E-state index in [1.54, 1.807) is 0 Å². The number of allylic oxidation sites excluding steroid dienone is 4. The highest BCUT2D eigenvalue weighted by Gasteiger charge is 2.63. The first-order valence-electron chi connectivity index (χ1n) is 7.16. The molecule has 0 aromatic heterocycles. The standard InChI is InChI=1S/C16H19NO2/c1-16(2,3)17-14(18)12-10-6-7-11(13(12)15(17)19)9-5-4-8(9)10/h4-13H,1-3H3. The van der Waals surface area contributed by atoms with E-state index >= 15 is 0 Å². The van der Waals surface area contributed by atoms with Gasteiger partial charge in [-0.1, -0.05) is 24.3 Å². The minimum absolute atomic E-state index is 0.0561. The molecule has 2 bridgehead atoms. The minimum Gasteiger partial charge on any atom is -0.277 e. The fourth-order valence-corrected chi connectivity index (χ4v) is 4.55. The Morgan fingerprint density at radius 1 is 0.789 bits per heavy atom. The molecule has 4 aliphatic carbocycles. The number of hydrogen-bond donors (Lipinski definition) is 0. The third kappa shape index (κ3) is 1.19. The van der Waals surface area contributed by atoms with Crippen molar-refractivity contribution in [1.82, 2.24) is 4.90 Å². The van der Waals surface area contributed by atoms with Gasteiger partial charge in [-0.3, -0.25) is 14.5 Å². The van der Waals surface area contributed by atoms with Gasteiger partial charge in [-0.05, 0) is 44.4 Å². The van der Waals surface area contributed by atoms with E-state index in [2.05, 4.69) is 24.3 Å². The summed E-state index contributed by atoms with van der Waals surface area (Å²) in [5, 5.41) is 0. The molecule has 0 aromatic rings. The van der Waals surface area contributed by atoms with Gasteiger partial charge < -0.3 is 0 Å². The van der Waals surface area contributed by atoms with Crippen molar-refractivity contribution in [1.29, 1.82) is 0 Å². The quantitative estimate of drug-likeness (QED) is 0.492. The molecule has 0 spiro atoms. The molecule has 0 aromatic carbocycles. The van der Waals surface area contributed by atoms with E-state index in [1.807, 2.05) is 20.8 Å². The summed E-state index contributed by atoms with van der Waals surface area (Å²) in [5.41, 5.74) is -0.405. The van der Waals surface area contributed by atoms with Crippen LogP contribution in [-0.4, -0.2) is 22.3 Å². The van der Waals surface area contributed by atoms with Gasteiger partial charge in [-0.2, -0.15) is 0 Å². The number of nitrogens with zero attached hydrogens (tertiary/aromatic N) is 1. The number of hydrogen-bond acceptors (Lipinski definition) is 2. The van der Waals surface area contributed by atoms with Gasteiger partial charge in [0.1, 0.15) is 0 Å². The van der Waals surface area contributed by atoms with E-state index in [4.69, 9.17) is 0 Å². The van der Waals surface area contributed by atoms with E-state index in [1.165, 1.54) is 4.90 Å². The SMILES string of the molecule is CC(C)(C)N1C(=O)C2C3C=CC(C4C=CC43)C2C1=O. The highest BCUT2D eigenvalue weighted by Crippen LogP contribution is 2.59. The number of carbonyl (C=O) groups excluding carboxylic acids is 2. The topological polar surface area (TPSA) is 37.4 Å². The highest BCUT2D eigenvalue weighted by molar-refractivity contribution is 6.06. The molecule has 0 radical (unpaired) electrons. The second kappa shape index (κ2) is 3.20. The van der Waals surface area contributed by atoms with Gasteiger partial charge in [0.2, 0.25) is 11.8 Å². The molecule has 5 rings (SSSR count). The van der Waals surface area contributed by atoms with E-state index in [-0.39, 0.29) is 35.5 Å². The lowest BCUT2D eigenvalue weighted by molar-refractivity contribution is -0.145. The van der Waals surface area contributed by atoms with E-state index < -0.39 is 5.54 Å². The van der Waals surface area contributed by atoms with Crippen LogP contribution in [0.5, 0.6) is 0 Å². The van der Waals surface area contributed by atoms with Gasteiger partial charge in [-0.25, -0.2) is 0 Å². The molecular formula is C16H19NO2. The lowest BCUT2D eigenvalue weighted by Gasteiger charge is -2.51. The predicted octanol–water partition coefficient (Wildman–Crippen LogP) is 2.00. The van der Waals surface area contributed by atoms with Gasteiger partial charge in [0.25, 0.3) is 0 Å². The molecular weight excluding hydrogens is 238 g/mol. The Morgan fingerprint density at radius 3 is 1.47 bits per heavy atom. The first-order valence-corrected chi connectivity index (χ1v) is 7.16. The number of imide groups is 1. The van der Waals surface area contributed by atoms with Crippen molar-refractivity contribution in [2.45, 2.75) is 26.3 Å². The summed E-state index contributed by atoms with van der Waals surface area (Å²) in [5.74, 6) is 1.38. The van der Waals surface area contributed by atoms with Crippen molar-refractivity contribution in [3.05, 3.63) is 24.3 Å². The molecule has 0 N–H and O–H groups in total. The van der Waals surface area contributed by atoms with Crippen LogP contribution in [0.15, 0.2) is 24.3 Å². The molecule has 2 fully saturated rings. The number of rotatable bonds is 0. The molecule has 3 nitrogen and oxygen atoms in total. The second-order valence-electron chi connectivity index (χ2n) is 7.31. The zero-order valence-corrected chi connectivity index (χ0v) is 11.5. The lowest BCUT2D eigenvalue weighted by atomic mass is 9.50. The Balaban J connectivity index is 1.80. The Labute approximate surface area is 113 Å². The Hall–Kier alpha value is -1.38. The third-order valence-corrected chi connectivity index (χ3v) is 5.34. The molecule has 1 aliphatic heterocycles. The summed E-state index contributed by atoms with van der Waals surface area (Å²) in [6.45, 7) is 5.84. The molecule has 1 heterocycles. The third-order valence-electron chi connectivity index (χ3n) is 5.34. The lowest BCUT2D eigenvalue weighted by Crippen LogP contribution is -2.50. The van der Waals surface area contributed by atoms with Crippen LogP contribution >= 0.6 is 0 Å². The molecule has 2 amide bonds. The summed E-state index contributed by atoms with van der Waals surface area (Å²) in [6, 6.07) is 0. The first kappa shape index (κ1) is 11.4. The summed E-state index contributed by atoms with van der Waals surface area (Å²) in [4.78, 5) is 26.9. The minimum atomic E-state index is -0.405. The Bertz CT molecular complexity index is 499. The van der Waals surface area contributed by atoms with E-state index in [9.17, 15) is 9.59 Å². The van der Waals surface area contributed by atoms with Crippen LogP contribution in [0.2, 0.25) is 0 Å². The summed E-state index contributed by atoms with van der Waals surface area (Å²) >= 11 is 0. The second-order valence-corrected chi connectivity index (χ2v) is 7.31. The average Bonchev–Trinajstić information content (AvgIpc) is 2.52. The molecule has 6 atom stereocenters. The zero-order chi connectivity index (χ0) is 13.5. The maximum atomic E-state index is 12.7. The van der Waals surface area contributed by atoms with Crippen molar-refractivity contribution >= 4 is 11.8 Å². The van der Waals surface area contributed by atoms with Crippen LogP contribution in [0.1, 0.15) is 20.8 Å². The zero-order valence-electron chi connectivity index (χ0n) is 11.5. The fourth-order valence-electron chi connectivity index (χ4n) is 4.55. The maximum absolute atomic E-state index is 12.7. The normalized spacial score (nSPS) is 46.4. The highest BCUT2D eigenvalue weighted by atomic mass is 16.2. The first-order chi connectivity index (χ1) is 8.91. The van der Waals surface area contributed by atoms with Gasteiger partial charge in [-0.15, -0.1) is 0 Å². The molecule has 100 valence electrons. The van der Waals surface area contributed by atoms with Crippen LogP contribution in [0.4, 0.5) is 0 Å². The number of likely N-dealkylation sites (tertiary alicyclic amines) is 1. The summed E-state index contributed by atoms with van der Waals surface area (Å²) < 4.78 is 0. The van der Waals surface area contributed by atoms with Gasteiger partial charge in [0.05, 0.1) is 11.8 Å². The fraction of sp³-hybridized carbons (Fsp3) is 0.625. The Kier molecular flexibility index (Phi) is 1.93. The summed E-state index contributed by atoms with van der Waals surface area (Å²) in [7, 11) is 0. The Morgan fingerprint density at radius 2 is 1.16 bits per heavy atom. The molecule has 1 saturated heterocycles. The van der Waals surface area contributed by atoms with Crippen molar-refractivity contribution in [3.63, 3.8) is 0 Å².